The van der Waals surface area contributed by atoms with Crippen molar-refractivity contribution in [1.82, 2.24) is 4.90 Å². The molecular weight excluding hydrogens is 426 g/mol. The second kappa shape index (κ2) is 10.2. The number of anilines is 2. The lowest BCUT2D eigenvalue weighted by Crippen LogP contribution is -2.49. The van der Waals surface area contributed by atoms with Crippen molar-refractivity contribution < 1.29 is 14.3 Å². The summed E-state index contributed by atoms with van der Waals surface area (Å²) in [5.74, 6) is 0.369. The van der Waals surface area contributed by atoms with Crippen LogP contribution in [0.15, 0.2) is 78.9 Å². The highest BCUT2D eigenvalue weighted by atomic mass is 35.5. The first-order valence-electron chi connectivity index (χ1n) is 10.5. The second-order valence-corrected chi connectivity index (χ2v) is 7.98. The van der Waals surface area contributed by atoms with Crippen LogP contribution in [-0.4, -0.2) is 36.5 Å². The van der Waals surface area contributed by atoms with Crippen LogP contribution in [0.5, 0.6) is 5.75 Å². The van der Waals surface area contributed by atoms with Crippen LogP contribution < -0.4 is 15.0 Å². The van der Waals surface area contributed by atoms with Gasteiger partial charge in [0.1, 0.15) is 5.75 Å². The summed E-state index contributed by atoms with van der Waals surface area (Å²) in [6, 6.07) is 24.0. The number of rotatable bonds is 7. The summed E-state index contributed by atoms with van der Waals surface area (Å²) >= 11 is 6.08. The van der Waals surface area contributed by atoms with Gasteiger partial charge in [-0.3, -0.25) is 9.69 Å². The minimum atomic E-state index is -0.265. The number of hydrogen-bond acceptors (Lipinski definition) is 3. The predicted octanol–water partition coefficient (Wildman–Crippen LogP) is 5.19. The van der Waals surface area contributed by atoms with E-state index in [0.717, 1.165) is 17.7 Å². The van der Waals surface area contributed by atoms with E-state index in [9.17, 15) is 9.59 Å². The number of nitrogens with one attached hydrogen (secondary N) is 1. The highest BCUT2D eigenvalue weighted by Gasteiger charge is 2.27. The van der Waals surface area contributed by atoms with Crippen LogP contribution in [0, 0.1) is 0 Å². The molecule has 0 unspecified atom stereocenters. The molecule has 1 aliphatic rings. The number of nitrogens with zero attached hydrogens (tertiary/aromatic N) is 2. The Hall–Kier alpha value is -3.51. The summed E-state index contributed by atoms with van der Waals surface area (Å²) in [5, 5.41) is 3.49. The van der Waals surface area contributed by atoms with Gasteiger partial charge in [-0.05, 0) is 54.4 Å². The Morgan fingerprint density at radius 1 is 0.969 bits per heavy atom. The maximum Gasteiger partial charge on any atom is 0.324 e. The smallest absolute Gasteiger partial charge is 0.324 e. The molecule has 0 radical (unpaired) electrons. The number of ether oxygens (including phenoxy) is 1. The summed E-state index contributed by atoms with van der Waals surface area (Å²) in [6.07, 6.45) is 0.855. The third-order valence-electron chi connectivity index (χ3n) is 5.13. The molecule has 3 aromatic carbocycles. The Kier molecular flexibility index (Phi) is 6.92. The largest absolute Gasteiger partial charge is 0.484 e. The number of amides is 3. The van der Waals surface area contributed by atoms with Crippen molar-refractivity contribution >= 4 is 34.9 Å². The van der Waals surface area contributed by atoms with Gasteiger partial charge in [-0.25, -0.2) is 4.79 Å². The number of para-hydroxylation sites is 1. The van der Waals surface area contributed by atoms with Crippen LogP contribution >= 0.6 is 11.6 Å². The molecule has 1 heterocycles. The Morgan fingerprint density at radius 2 is 1.78 bits per heavy atom. The van der Waals surface area contributed by atoms with Crippen LogP contribution in [0.4, 0.5) is 16.2 Å². The number of hydrogen-bond donors (Lipinski definition) is 1. The van der Waals surface area contributed by atoms with E-state index in [1.165, 1.54) is 0 Å². The summed E-state index contributed by atoms with van der Waals surface area (Å²) in [6.45, 7) is 1.72. The average Bonchev–Trinajstić information content (AvgIpc) is 2.80. The van der Waals surface area contributed by atoms with Gasteiger partial charge in [-0.15, -0.1) is 0 Å². The summed E-state index contributed by atoms with van der Waals surface area (Å²) in [5.41, 5.74) is 2.35. The van der Waals surface area contributed by atoms with Gasteiger partial charge in [0.05, 0.1) is 0 Å². The first-order valence-corrected chi connectivity index (χ1v) is 10.8. The lowest BCUT2D eigenvalue weighted by atomic mass is 10.1. The molecule has 6 nitrogen and oxygen atoms in total. The van der Waals surface area contributed by atoms with Gasteiger partial charge in [0.15, 0.2) is 6.61 Å². The molecule has 0 saturated carbocycles. The Balaban J connectivity index is 1.39. The molecule has 0 aliphatic carbocycles. The Bertz CT molecular complexity index is 1090. The topological polar surface area (TPSA) is 61.9 Å². The highest BCUT2D eigenvalue weighted by molar-refractivity contribution is 6.30. The van der Waals surface area contributed by atoms with E-state index in [1.54, 1.807) is 29.2 Å². The third kappa shape index (κ3) is 5.59. The highest BCUT2D eigenvalue weighted by Crippen LogP contribution is 2.25. The quantitative estimate of drug-likeness (QED) is 0.540. The van der Waals surface area contributed by atoms with E-state index >= 15 is 0 Å². The summed E-state index contributed by atoms with van der Waals surface area (Å²) in [4.78, 5) is 29.0. The van der Waals surface area contributed by atoms with Crippen LogP contribution in [-0.2, 0) is 11.3 Å². The van der Waals surface area contributed by atoms with Gasteiger partial charge in [0.2, 0.25) is 0 Å². The van der Waals surface area contributed by atoms with Crippen LogP contribution in [0.3, 0.4) is 0 Å². The minimum absolute atomic E-state index is 0.0629. The van der Waals surface area contributed by atoms with E-state index in [0.29, 0.717) is 36.1 Å². The zero-order chi connectivity index (χ0) is 22.3. The van der Waals surface area contributed by atoms with E-state index in [4.69, 9.17) is 16.3 Å². The van der Waals surface area contributed by atoms with Crippen molar-refractivity contribution in [3.8, 4) is 5.75 Å². The molecule has 7 heteroatoms. The zero-order valence-corrected chi connectivity index (χ0v) is 18.3. The van der Waals surface area contributed by atoms with Crippen LogP contribution in [0.1, 0.15) is 12.0 Å². The number of halogens is 1. The van der Waals surface area contributed by atoms with Crippen molar-refractivity contribution in [3.05, 3.63) is 89.4 Å². The van der Waals surface area contributed by atoms with Gasteiger partial charge >= 0.3 is 6.03 Å². The lowest BCUT2D eigenvalue weighted by molar-refractivity contribution is -0.118. The number of carbonyl (C=O) groups is 2. The van der Waals surface area contributed by atoms with Gasteiger partial charge in [0.25, 0.3) is 5.91 Å². The van der Waals surface area contributed by atoms with E-state index in [-0.39, 0.29) is 18.5 Å². The minimum Gasteiger partial charge on any atom is -0.484 e. The molecule has 1 saturated heterocycles. The van der Waals surface area contributed by atoms with Crippen molar-refractivity contribution in [1.29, 1.82) is 0 Å². The molecule has 164 valence electrons. The molecule has 1 aliphatic heterocycles. The van der Waals surface area contributed by atoms with Crippen molar-refractivity contribution in [3.63, 3.8) is 0 Å². The van der Waals surface area contributed by atoms with E-state index in [2.05, 4.69) is 5.32 Å². The fourth-order valence-electron chi connectivity index (χ4n) is 3.64. The first-order chi connectivity index (χ1) is 15.6. The molecular formula is C25H24ClN3O3. The number of benzene rings is 3. The fraction of sp³-hybridized carbons (Fsp3) is 0.200. The molecule has 3 amide bonds. The summed E-state index contributed by atoms with van der Waals surface area (Å²) in [7, 11) is 0. The molecule has 3 aromatic rings. The normalized spacial score (nSPS) is 13.7. The molecule has 0 spiro atoms. The maximum absolute atomic E-state index is 13.1. The maximum atomic E-state index is 13.1. The van der Waals surface area contributed by atoms with Crippen molar-refractivity contribution in [2.45, 2.75) is 13.0 Å². The molecule has 1 N–H and O–H groups in total. The predicted molar refractivity (Wildman–Crippen MR) is 126 cm³/mol. The monoisotopic (exact) mass is 449 g/mol. The van der Waals surface area contributed by atoms with Crippen LogP contribution in [0.2, 0.25) is 5.02 Å². The molecule has 0 atom stereocenters. The third-order valence-corrected chi connectivity index (χ3v) is 5.36. The standard InChI is InChI=1S/C25H24ClN3O3/c26-20-8-4-7-19(15-20)17-28-13-6-14-29(25(28)31)22-10-5-9-21(16-22)27-24(30)18-32-23-11-2-1-3-12-23/h1-5,7-12,15-16H,6,13-14,17-18H2,(H,27,30). The molecule has 32 heavy (non-hydrogen) atoms. The second-order valence-electron chi connectivity index (χ2n) is 7.54. The Morgan fingerprint density at radius 3 is 2.59 bits per heavy atom. The average molecular weight is 450 g/mol. The molecule has 4 rings (SSSR count). The Labute approximate surface area is 192 Å². The summed E-state index contributed by atoms with van der Waals surface area (Å²) < 4.78 is 5.49. The first kappa shape index (κ1) is 21.7. The van der Waals surface area contributed by atoms with Gasteiger partial charge in [0, 0.05) is 36.0 Å². The molecule has 1 fully saturated rings. The van der Waals surface area contributed by atoms with E-state index < -0.39 is 0 Å². The number of carbonyl (C=O) groups excluding carboxylic acids is 2. The fourth-order valence-corrected chi connectivity index (χ4v) is 3.85. The van der Waals surface area contributed by atoms with Crippen molar-refractivity contribution in [2.24, 2.45) is 0 Å². The van der Waals surface area contributed by atoms with Crippen molar-refractivity contribution in [2.75, 3.05) is 29.9 Å². The zero-order valence-electron chi connectivity index (χ0n) is 17.5. The lowest BCUT2D eigenvalue weighted by Gasteiger charge is -2.36. The van der Waals surface area contributed by atoms with E-state index in [1.807, 2.05) is 59.5 Å². The van der Waals surface area contributed by atoms with Gasteiger partial charge in [-0.2, -0.15) is 0 Å². The van der Waals surface area contributed by atoms with Gasteiger partial charge in [-0.1, -0.05) is 48.0 Å². The molecule has 0 aromatic heterocycles. The SMILES string of the molecule is O=C(COc1ccccc1)Nc1cccc(N2CCCN(Cc3cccc(Cl)c3)C2=O)c1. The van der Waals surface area contributed by atoms with Crippen LogP contribution in [0.25, 0.3) is 0 Å². The number of urea groups is 1. The molecule has 0 bridgehead atoms. The van der Waals surface area contributed by atoms with Gasteiger partial charge < -0.3 is 15.0 Å².